The molecule has 102 valence electrons. The first-order valence-electron chi connectivity index (χ1n) is 5.65. The smallest absolute Gasteiger partial charge is 0.411 e. The van der Waals surface area contributed by atoms with E-state index < -0.39 is 24.6 Å². The van der Waals surface area contributed by atoms with E-state index in [9.17, 15) is 18.0 Å². The van der Waals surface area contributed by atoms with E-state index in [2.05, 4.69) is 5.10 Å². The molecule has 0 fully saturated rings. The molecule has 0 saturated heterocycles. The third-order valence-electron chi connectivity index (χ3n) is 2.63. The summed E-state index contributed by atoms with van der Waals surface area (Å²) in [5, 5.41) is 12.4. The Kier molecular flexibility index (Phi) is 4.37. The maximum atomic E-state index is 12.9. The van der Waals surface area contributed by atoms with E-state index in [1.165, 1.54) is 0 Å². The van der Waals surface area contributed by atoms with Crippen LogP contribution in [0.15, 0.2) is 6.07 Å². The van der Waals surface area contributed by atoms with Crippen LogP contribution < -0.4 is 0 Å². The summed E-state index contributed by atoms with van der Waals surface area (Å²) in [6, 6.07) is -0.522. The fourth-order valence-corrected chi connectivity index (χ4v) is 1.70. The van der Waals surface area contributed by atoms with E-state index in [4.69, 9.17) is 5.11 Å². The third-order valence-corrected chi connectivity index (χ3v) is 2.63. The zero-order valence-corrected chi connectivity index (χ0v) is 10.2. The quantitative estimate of drug-likeness (QED) is 0.889. The Morgan fingerprint density at radius 2 is 2.06 bits per heavy atom. The number of aliphatic carboxylic acids is 1. The Bertz CT molecular complexity index is 426. The molecule has 7 heteroatoms. The summed E-state index contributed by atoms with van der Waals surface area (Å²) < 4.78 is 39.4. The molecule has 1 aromatic heterocycles. The number of nitrogens with zero attached hydrogens (tertiary/aromatic N) is 2. The number of aryl methyl sites for hydroxylation is 2. The number of hydrogen-bond donors (Lipinski definition) is 1. The summed E-state index contributed by atoms with van der Waals surface area (Å²) in [6.07, 6.45) is -4.75. The van der Waals surface area contributed by atoms with Crippen molar-refractivity contribution in [1.29, 1.82) is 0 Å². The molecule has 1 unspecified atom stereocenters. The predicted molar refractivity (Wildman–Crippen MR) is 58.3 cm³/mol. The number of halogens is 3. The van der Waals surface area contributed by atoms with Crippen molar-refractivity contribution in [2.75, 3.05) is 0 Å². The number of carboxylic acid groups (broad SMARTS) is 1. The minimum Gasteiger partial charge on any atom is -0.481 e. The summed E-state index contributed by atoms with van der Waals surface area (Å²) >= 11 is 0. The second kappa shape index (κ2) is 5.41. The highest BCUT2D eigenvalue weighted by atomic mass is 19.4. The lowest BCUT2D eigenvalue weighted by atomic mass is 10.2. The molecular formula is C11H15F3N2O2. The first-order chi connectivity index (χ1) is 8.29. The Hall–Kier alpha value is -1.53. The number of carbonyl (C=O) groups is 1. The van der Waals surface area contributed by atoms with Crippen LogP contribution in [0.3, 0.4) is 0 Å². The second-order valence-electron chi connectivity index (χ2n) is 3.93. The van der Waals surface area contributed by atoms with Gasteiger partial charge in [-0.15, -0.1) is 0 Å². The normalized spacial score (nSPS) is 13.6. The molecule has 0 radical (unpaired) electrons. The fraction of sp³-hybridized carbons (Fsp3) is 0.636. The first-order valence-corrected chi connectivity index (χ1v) is 5.65. The van der Waals surface area contributed by atoms with Crippen molar-refractivity contribution >= 4 is 5.97 Å². The molecular weight excluding hydrogens is 249 g/mol. The second-order valence-corrected chi connectivity index (χ2v) is 3.93. The highest BCUT2D eigenvalue weighted by molar-refractivity contribution is 5.67. The standard InChI is InChI=1S/C11H15F3N2O2/c1-3-7-5-8(4-2)16(15-7)9(6-10(17)18)11(12,13)14/h5,9H,3-4,6H2,1-2H3,(H,17,18). The molecule has 0 amide bonds. The van der Waals surface area contributed by atoms with E-state index in [-0.39, 0.29) is 0 Å². The zero-order chi connectivity index (χ0) is 13.9. The van der Waals surface area contributed by atoms with Crippen molar-refractivity contribution < 1.29 is 23.1 Å². The minimum atomic E-state index is -4.63. The molecule has 1 N–H and O–H groups in total. The summed E-state index contributed by atoms with van der Waals surface area (Å²) in [7, 11) is 0. The summed E-state index contributed by atoms with van der Waals surface area (Å²) in [6.45, 7) is 3.49. The van der Waals surface area contributed by atoms with Crippen LogP contribution in [0, 0.1) is 0 Å². The number of carboxylic acids is 1. The first kappa shape index (κ1) is 14.5. The molecule has 0 aromatic carbocycles. The van der Waals surface area contributed by atoms with Crippen LogP contribution in [-0.4, -0.2) is 27.0 Å². The minimum absolute atomic E-state index is 0.374. The van der Waals surface area contributed by atoms with Crippen molar-refractivity contribution in [3.8, 4) is 0 Å². The van der Waals surface area contributed by atoms with Gasteiger partial charge >= 0.3 is 12.1 Å². The van der Waals surface area contributed by atoms with Gasteiger partial charge < -0.3 is 5.11 Å². The molecule has 0 aliphatic heterocycles. The molecule has 0 aliphatic rings. The predicted octanol–water partition coefficient (Wildman–Crippen LogP) is 2.59. The highest BCUT2D eigenvalue weighted by Crippen LogP contribution is 2.34. The average Bonchev–Trinajstić information content (AvgIpc) is 2.66. The highest BCUT2D eigenvalue weighted by Gasteiger charge is 2.43. The van der Waals surface area contributed by atoms with E-state index in [1.807, 2.05) is 0 Å². The fourth-order valence-electron chi connectivity index (χ4n) is 1.70. The van der Waals surface area contributed by atoms with Gasteiger partial charge in [0.15, 0.2) is 6.04 Å². The van der Waals surface area contributed by atoms with Gasteiger partial charge in [0.2, 0.25) is 0 Å². The maximum Gasteiger partial charge on any atom is 0.411 e. The molecule has 0 spiro atoms. The van der Waals surface area contributed by atoms with Gasteiger partial charge in [0.25, 0.3) is 0 Å². The number of rotatable bonds is 5. The van der Waals surface area contributed by atoms with Crippen LogP contribution in [-0.2, 0) is 17.6 Å². The van der Waals surface area contributed by atoms with Crippen LogP contribution in [0.1, 0.15) is 37.7 Å². The molecule has 4 nitrogen and oxygen atoms in total. The molecule has 0 bridgehead atoms. The van der Waals surface area contributed by atoms with Gasteiger partial charge in [0.05, 0.1) is 12.1 Å². The van der Waals surface area contributed by atoms with Gasteiger partial charge in [-0.3, -0.25) is 9.48 Å². The summed E-state index contributed by atoms with van der Waals surface area (Å²) in [5.41, 5.74) is 0.932. The molecule has 1 atom stereocenters. The van der Waals surface area contributed by atoms with Crippen LogP contribution in [0.5, 0.6) is 0 Å². The average molecular weight is 264 g/mol. The molecule has 0 saturated carbocycles. The molecule has 1 aromatic rings. The van der Waals surface area contributed by atoms with Crippen LogP contribution in [0.4, 0.5) is 13.2 Å². The van der Waals surface area contributed by atoms with Crippen molar-refractivity contribution in [2.45, 2.75) is 45.3 Å². The monoisotopic (exact) mass is 264 g/mol. The van der Waals surface area contributed by atoms with Gasteiger partial charge in [0, 0.05) is 5.69 Å². The summed E-state index contributed by atoms with van der Waals surface area (Å²) in [5.74, 6) is -1.49. The maximum absolute atomic E-state index is 12.9. The van der Waals surface area contributed by atoms with Gasteiger partial charge in [-0.05, 0) is 18.9 Å². The van der Waals surface area contributed by atoms with Gasteiger partial charge in [-0.1, -0.05) is 13.8 Å². The largest absolute Gasteiger partial charge is 0.481 e. The van der Waals surface area contributed by atoms with Gasteiger partial charge in [-0.2, -0.15) is 18.3 Å². The van der Waals surface area contributed by atoms with Crippen LogP contribution >= 0.6 is 0 Å². The Morgan fingerprint density at radius 1 is 1.44 bits per heavy atom. The van der Waals surface area contributed by atoms with E-state index in [1.54, 1.807) is 19.9 Å². The lowest BCUT2D eigenvalue weighted by Crippen LogP contribution is -2.30. The Labute approximate surface area is 102 Å². The molecule has 18 heavy (non-hydrogen) atoms. The van der Waals surface area contributed by atoms with E-state index in [0.717, 1.165) is 4.68 Å². The van der Waals surface area contributed by atoms with Crippen molar-refractivity contribution in [2.24, 2.45) is 0 Å². The Balaban J connectivity index is 3.19. The summed E-state index contributed by atoms with van der Waals surface area (Å²) in [4.78, 5) is 10.6. The SMILES string of the molecule is CCc1cc(CC)n(C(CC(=O)O)C(F)(F)F)n1. The van der Waals surface area contributed by atoms with E-state index >= 15 is 0 Å². The van der Waals surface area contributed by atoms with Crippen molar-refractivity contribution in [1.82, 2.24) is 9.78 Å². The number of alkyl halides is 3. The molecule has 1 rings (SSSR count). The van der Waals surface area contributed by atoms with Gasteiger partial charge in [-0.25, -0.2) is 0 Å². The number of aromatic nitrogens is 2. The molecule has 0 aliphatic carbocycles. The van der Waals surface area contributed by atoms with Crippen molar-refractivity contribution in [3.63, 3.8) is 0 Å². The lowest BCUT2D eigenvalue weighted by molar-refractivity contribution is -0.179. The van der Waals surface area contributed by atoms with Crippen LogP contribution in [0.2, 0.25) is 0 Å². The van der Waals surface area contributed by atoms with Crippen molar-refractivity contribution in [3.05, 3.63) is 17.5 Å². The molecule has 1 heterocycles. The Morgan fingerprint density at radius 3 is 2.44 bits per heavy atom. The number of hydrogen-bond acceptors (Lipinski definition) is 2. The van der Waals surface area contributed by atoms with Gasteiger partial charge in [0.1, 0.15) is 0 Å². The van der Waals surface area contributed by atoms with E-state index in [0.29, 0.717) is 24.2 Å². The van der Waals surface area contributed by atoms with Crippen LogP contribution in [0.25, 0.3) is 0 Å². The third kappa shape index (κ3) is 3.24. The zero-order valence-electron chi connectivity index (χ0n) is 10.2. The topological polar surface area (TPSA) is 55.1 Å². The lowest BCUT2D eigenvalue weighted by Gasteiger charge is -2.21.